The summed E-state index contributed by atoms with van der Waals surface area (Å²) in [4.78, 5) is 23.9. The highest BCUT2D eigenvalue weighted by atomic mass is 16.6. The summed E-state index contributed by atoms with van der Waals surface area (Å²) < 4.78 is 10.4. The van der Waals surface area contributed by atoms with Crippen molar-refractivity contribution < 1.29 is 19.1 Å². The van der Waals surface area contributed by atoms with E-state index in [1.807, 2.05) is 20.8 Å². The van der Waals surface area contributed by atoms with Gasteiger partial charge in [-0.1, -0.05) is 66.2 Å². The van der Waals surface area contributed by atoms with Gasteiger partial charge < -0.3 is 14.8 Å². The third-order valence-corrected chi connectivity index (χ3v) is 3.76. The van der Waals surface area contributed by atoms with Crippen LogP contribution in [0.4, 0.5) is 4.79 Å². The van der Waals surface area contributed by atoms with Gasteiger partial charge in [0.25, 0.3) is 0 Å². The number of carbonyl (C=O) groups excluding carboxylic acids is 2. The van der Waals surface area contributed by atoms with Crippen LogP contribution in [0.5, 0.6) is 0 Å². The van der Waals surface area contributed by atoms with Gasteiger partial charge in [0.05, 0.1) is 13.2 Å². The summed E-state index contributed by atoms with van der Waals surface area (Å²) in [5.41, 5.74) is 0. The molecule has 142 valence electrons. The van der Waals surface area contributed by atoms with Crippen LogP contribution >= 0.6 is 0 Å². The molecule has 0 saturated carbocycles. The molecular weight excluding hydrogens is 306 g/mol. The Balaban J connectivity index is 4.09. The van der Waals surface area contributed by atoms with Crippen molar-refractivity contribution in [2.24, 2.45) is 5.92 Å². The van der Waals surface area contributed by atoms with Crippen molar-refractivity contribution in [3.05, 3.63) is 0 Å². The lowest BCUT2D eigenvalue weighted by molar-refractivity contribution is -0.146. The second-order valence-corrected chi connectivity index (χ2v) is 6.75. The molecule has 0 heterocycles. The molecule has 0 fully saturated rings. The zero-order valence-electron chi connectivity index (χ0n) is 16.1. The number of nitrogens with one attached hydrogen (secondary N) is 1. The summed E-state index contributed by atoms with van der Waals surface area (Å²) in [7, 11) is 0. The van der Waals surface area contributed by atoms with Gasteiger partial charge in [-0.25, -0.2) is 9.59 Å². The average Bonchev–Trinajstić information content (AvgIpc) is 2.53. The summed E-state index contributed by atoms with van der Waals surface area (Å²) in [5, 5.41) is 2.64. The number of alkyl carbamates (subject to hydrolysis) is 1. The van der Waals surface area contributed by atoms with E-state index in [2.05, 4.69) is 12.2 Å². The first-order valence-electron chi connectivity index (χ1n) is 9.61. The molecule has 0 aromatic heterocycles. The maximum atomic E-state index is 12.2. The molecule has 0 spiro atoms. The number of carbonyl (C=O) groups is 2. The minimum absolute atomic E-state index is 0.285. The number of hydrogen-bond donors (Lipinski definition) is 1. The molecule has 0 radical (unpaired) electrons. The van der Waals surface area contributed by atoms with Gasteiger partial charge in [0, 0.05) is 0 Å². The molecule has 1 atom stereocenters. The largest absolute Gasteiger partial charge is 0.464 e. The molecule has 0 aliphatic carbocycles. The third kappa shape index (κ3) is 13.2. The number of rotatable bonds is 14. The lowest BCUT2D eigenvalue weighted by Crippen LogP contribution is -2.43. The van der Waals surface area contributed by atoms with E-state index in [1.54, 1.807) is 0 Å². The Morgan fingerprint density at radius 2 is 1.42 bits per heavy atom. The first kappa shape index (κ1) is 22.7. The van der Waals surface area contributed by atoms with Crippen molar-refractivity contribution in [2.45, 2.75) is 91.5 Å². The van der Waals surface area contributed by atoms with Crippen LogP contribution in [0.15, 0.2) is 0 Å². The molecule has 0 saturated heterocycles. The zero-order valence-corrected chi connectivity index (χ0v) is 16.1. The Morgan fingerprint density at radius 3 is 2.04 bits per heavy atom. The van der Waals surface area contributed by atoms with E-state index in [-0.39, 0.29) is 11.9 Å². The molecule has 0 rings (SSSR count). The highest BCUT2D eigenvalue weighted by Crippen LogP contribution is 2.09. The monoisotopic (exact) mass is 343 g/mol. The van der Waals surface area contributed by atoms with Crippen molar-refractivity contribution in [1.82, 2.24) is 5.32 Å². The first-order chi connectivity index (χ1) is 11.5. The average molecular weight is 344 g/mol. The van der Waals surface area contributed by atoms with Crippen molar-refractivity contribution in [2.75, 3.05) is 13.2 Å². The van der Waals surface area contributed by atoms with Gasteiger partial charge in [-0.15, -0.1) is 0 Å². The Morgan fingerprint density at radius 1 is 0.833 bits per heavy atom. The minimum Gasteiger partial charge on any atom is -0.464 e. The quantitative estimate of drug-likeness (QED) is 0.362. The maximum absolute atomic E-state index is 12.2. The van der Waals surface area contributed by atoms with Crippen molar-refractivity contribution in [1.29, 1.82) is 0 Å². The Kier molecular flexibility index (Phi) is 14.5. The number of esters is 1. The molecule has 24 heavy (non-hydrogen) atoms. The van der Waals surface area contributed by atoms with E-state index in [0.717, 1.165) is 25.7 Å². The van der Waals surface area contributed by atoms with Gasteiger partial charge in [-0.2, -0.15) is 0 Å². The standard InChI is InChI=1S/C19H37NO4/c1-5-7-9-10-11-12-14-23-18(21)17(15-16(3)4)20-19(22)24-13-8-6-2/h16-17H,5-15H2,1-4H3,(H,20,22). The highest BCUT2D eigenvalue weighted by molar-refractivity contribution is 5.81. The van der Waals surface area contributed by atoms with Crippen molar-refractivity contribution in [3.63, 3.8) is 0 Å². The Bertz CT molecular complexity index is 331. The summed E-state index contributed by atoms with van der Waals surface area (Å²) >= 11 is 0. The maximum Gasteiger partial charge on any atom is 0.407 e. The van der Waals surface area contributed by atoms with Crippen LogP contribution in [0.3, 0.4) is 0 Å². The van der Waals surface area contributed by atoms with Gasteiger partial charge in [0.2, 0.25) is 0 Å². The molecule has 0 aromatic rings. The summed E-state index contributed by atoms with van der Waals surface area (Å²) in [6.07, 6.45) is 8.68. The summed E-state index contributed by atoms with van der Waals surface area (Å²) in [6, 6.07) is -0.626. The van der Waals surface area contributed by atoms with Crippen LogP contribution in [0.25, 0.3) is 0 Å². The second kappa shape index (κ2) is 15.3. The van der Waals surface area contributed by atoms with Crippen LogP contribution in [0.2, 0.25) is 0 Å². The van der Waals surface area contributed by atoms with E-state index in [9.17, 15) is 9.59 Å². The number of hydrogen-bond acceptors (Lipinski definition) is 4. The molecule has 1 unspecified atom stereocenters. The van der Waals surface area contributed by atoms with Gasteiger partial charge in [-0.3, -0.25) is 0 Å². The topological polar surface area (TPSA) is 64.6 Å². The van der Waals surface area contributed by atoms with Crippen LogP contribution in [0.1, 0.15) is 85.5 Å². The van der Waals surface area contributed by atoms with Crippen LogP contribution in [0, 0.1) is 5.92 Å². The number of unbranched alkanes of at least 4 members (excludes halogenated alkanes) is 6. The second-order valence-electron chi connectivity index (χ2n) is 6.75. The van der Waals surface area contributed by atoms with E-state index >= 15 is 0 Å². The normalized spacial score (nSPS) is 12.0. The molecule has 1 amide bonds. The minimum atomic E-state index is -0.626. The van der Waals surface area contributed by atoms with E-state index < -0.39 is 12.1 Å². The predicted molar refractivity (Wildman–Crippen MR) is 97.0 cm³/mol. The molecule has 0 bridgehead atoms. The zero-order chi connectivity index (χ0) is 18.2. The number of ether oxygens (including phenoxy) is 2. The fourth-order valence-corrected chi connectivity index (χ4v) is 2.33. The van der Waals surface area contributed by atoms with Gasteiger partial charge in [0.1, 0.15) is 6.04 Å². The van der Waals surface area contributed by atoms with Gasteiger partial charge >= 0.3 is 12.1 Å². The number of amides is 1. The fraction of sp³-hybridized carbons (Fsp3) is 0.895. The molecule has 5 heteroatoms. The lowest BCUT2D eigenvalue weighted by atomic mass is 10.0. The molecule has 0 aliphatic rings. The molecule has 0 aromatic carbocycles. The SMILES string of the molecule is CCCCCCCCOC(=O)C(CC(C)C)NC(=O)OCCCC. The van der Waals surface area contributed by atoms with Crippen LogP contribution in [-0.4, -0.2) is 31.3 Å². The predicted octanol–water partition coefficient (Wildman–Crippen LogP) is 4.83. The lowest BCUT2D eigenvalue weighted by Gasteiger charge is -2.19. The molecule has 0 aliphatic heterocycles. The van der Waals surface area contributed by atoms with Gasteiger partial charge in [-0.05, 0) is 25.2 Å². The fourth-order valence-electron chi connectivity index (χ4n) is 2.33. The first-order valence-corrected chi connectivity index (χ1v) is 9.61. The molecular formula is C19H37NO4. The molecule has 5 nitrogen and oxygen atoms in total. The van der Waals surface area contributed by atoms with Crippen molar-refractivity contribution >= 4 is 12.1 Å². The summed E-state index contributed by atoms with van der Waals surface area (Å²) in [6.45, 7) is 9.05. The Labute approximate surface area is 147 Å². The molecule has 1 N–H and O–H groups in total. The van der Waals surface area contributed by atoms with E-state index in [1.165, 1.54) is 25.7 Å². The van der Waals surface area contributed by atoms with E-state index in [4.69, 9.17) is 9.47 Å². The van der Waals surface area contributed by atoms with Crippen LogP contribution in [-0.2, 0) is 14.3 Å². The van der Waals surface area contributed by atoms with Crippen molar-refractivity contribution in [3.8, 4) is 0 Å². The van der Waals surface area contributed by atoms with E-state index in [0.29, 0.717) is 19.6 Å². The van der Waals surface area contributed by atoms with Crippen LogP contribution < -0.4 is 5.32 Å². The smallest absolute Gasteiger partial charge is 0.407 e. The van der Waals surface area contributed by atoms with Gasteiger partial charge in [0.15, 0.2) is 0 Å². The highest BCUT2D eigenvalue weighted by Gasteiger charge is 2.23. The third-order valence-electron chi connectivity index (χ3n) is 3.76. The summed E-state index contributed by atoms with van der Waals surface area (Å²) in [5.74, 6) is -0.0720. The Hall–Kier alpha value is -1.26.